The number of hydrogen-bond acceptors (Lipinski definition) is 3. The minimum absolute atomic E-state index is 0.132. The number of hydrogen-bond donors (Lipinski definition) is 0. The van der Waals surface area contributed by atoms with E-state index in [4.69, 9.17) is 4.74 Å². The van der Waals surface area contributed by atoms with Crippen LogP contribution < -0.4 is 4.74 Å². The summed E-state index contributed by atoms with van der Waals surface area (Å²) in [5.41, 5.74) is 4.52. The molecule has 4 heteroatoms. The lowest BCUT2D eigenvalue weighted by Gasteiger charge is -2.19. The minimum atomic E-state index is -0.216. The highest BCUT2D eigenvalue weighted by Gasteiger charge is 2.08. The number of halogens is 1. The van der Waals surface area contributed by atoms with Crippen molar-refractivity contribution in [3.63, 3.8) is 0 Å². The van der Waals surface area contributed by atoms with Crippen molar-refractivity contribution in [3.8, 4) is 28.7 Å². The molecule has 0 spiro atoms. The Balaban J connectivity index is 1.59. The number of ether oxygens (including phenoxy) is 1. The number of likely N-dealkylation sites (N-methyl/N-ethyl adjacent to an activating group) is 1. The first-order valence-electron chi connectivity index (χ1n) is 11.3. The van der Waals surface area contributed by atoms with Crippen LogP contribution in [0.1, 0.15) is 38.8 Å². The van der Waals surface area contributed by atoms with Crippen LogP contribution in [0.2, 0.25) is 0 Å². The van der Waals surface area contributed by atoms with Gasteiger partial charge in [-0.05, 0) is 84.6 Å². The van der Waals surface area contributed by atoms with Crippen molar-refractivity contribution < 1.29 is 9.13 Å². The molecule has 3 aromatic rings. The van der Waals surface area contributed by atoms with Crippen LogP contribution in [-0.4, -0.2) is 18.0 Å². The Kier molecular flexibility index (Phi) is 8.88. The van der Waals surface area contributed by atoms with E-state index in [1.807, 2.05) is 56.9 Å². The van der Waals surface area contributed by atoms with Gasteiger partial charge in [0.15, 0.2) is 0 Å². The third-order valence-corrected chi connectivity index (χ3v) is 5.67. The number of allylic oxidation sites excluding steroid dienone is 1. The first-order valence-corrected chi connectivity index (χ1v) is 12.2. The molecule has 3 rings (SSSR count). The molecule has 0 saturated carbocycles. The number of nitrogens with zero attached hydrogens (tertiary/aromatic N) is 1. The molecule has 1 aromatic heterocycles. The van der Waals surface area contributed by atoms with E-state index in [2.05, 4.69) is 52.9 Å². The molecule has 1 heterocycles. The van der Waals surface area contributed by atoms with Gasteiger partial charge in [-0.1, -0.05) is 49.1 Å². The summed E-state index contributed by atoms with van der Waals surface area (Å²) in [5.74, 6) is 6.48. The molecule has 0 bridgehead atoms. The van der Waals surface area contributed by atoms with E-state index >= 15 is 0 Å². The van der Waals surface area contributed by atoms with E-state index in [1.54, 1.807) is 11.3 Å². The normalized spacial score (nSPS) is 11.9. The van der Waals surface area contributed by atoms with Crippen molar-refractivity contribution in [3.05, 3.63) is 88.4 Å². The van der Waals surface area contributed by atoms with Gasteiger partial charge in [-0.3, -0.25) is 4.90 Å². The van der Waals surface area contributed by atoms with Crippen molar-refractivity contribution >= 4 is 11.3 Å². The first-order chi connectivity index (χ1) is 15.8. The molecule has 0 fully saturated rings. The maximum atomic E-state index is 14.3. The molecule has 0 N–H and O–H groups in total. The number of rotatable bonds is 9. The van der Waals surface area contributed by atoms with Crippen molar-refractivity contribution in [1.82, 2.24) is 4.90 Å². The largest absolute Gasteiger partial charge is 0.489 e. The molecule has 172 valence electrons. The summed E-state index contributed by atoms with van der Waals surface area (Å²) < 4.78 is 20.4. The van der Waals surface area contributed by atoms with Crippen LogP contribution in [0, 0.1) is 17.3 Å². The maximum absolute atomic E-state index is 14.3. The number of thiophene rings is 1. The van der Waals surface area contributed by atoms with E-state index in [0.717, 1.165) is 23.4 Å². The summed E-state index contributed by atoms with van der Waals surface area (Å²) in [6.45, 7) is 10.2. The lowest BCUT2D eigenvalue weighted by Crippen LogP contribution is -2.24. The number of benzene rings is 2. The van der Waals surface area contributed by atoms with Crippen LogP contribution in [0.3, 0.4) is 0 Å². The van der Waals surface area contributed by atoms with Crippen LogP contribution >= 0.6 is 11.3 Å². The molecule has 0 radical (unpaired) electrons. The average Bonchev–Trinajstić information content (AvgIpc) is 3.32. The molecule has 0 aliphatic rings. The van der Waals surface area contributed by atoms with E-state index in [-0.39, 0.29) is 17.8 Å². The van der Waals surface area contributed by atoms with Crippen molar-refractivity contribution in [2.45, 2.75) is 40.8 Å². The molecule has 2 aromatic carbocycles. The second-order valence-electron chi connectivity index (χ2n) is 9.06. The van der Waals surface area contributed by atoms with E-state index in [1.165, 1.54) is 17.2 Å². The van der Waals surface area contributed by atoms with Gasteiger partial charge in [-0.15, -0.1) is 0 Å². The molecule has 0 saturated heterocycles. The summed E-state index contributed by atoms with van der Waals surface area (Å²) in [6.07, 6.45) is 1.39. The topological polar surface area (TPSA) is 12.5 Å². The zero-order chi connectivity index (χ0) is 23.7. The summed E-state index contributed by atoms with van der Waals surface area (Å²) in [5, 5.41) is 4.24. The lowest BCUT2D eigenvalue weighted by atomic mass is 9.98. The quantitative estimate of drug-likeness (QED) is 0.302. The van der Waals surface area contributed by atoms with Crippen LogP contribution in [0.4, 0.5) is 4.39 Å². The molecule has 33 heavy (non-hydrogen) atoms. The van der Waals surface area contributed by atoms with Crippen LogP contribution in [0.5, 0.6) is 5.75 Å². The van der Waals surface area contributed by atoms with Crippen LogP contribution in [0.25, 0.3) is 11.1 Å². The summed E-state index contributed by atoms with van der Waals surface area (Å²) in [6, 6.07) is 18.6. The summed E-state index contributed by atoms with van der Waals surface area (Å²) in [4.78, 5) is 2.05. The van der Waals surface area contributed by atoms with Gasteiger partial charge >= 0.3 is 0 Å². The van der Waals surface area contributed by atoms with Gasteiger partial charge in [0.1, 0.15) is 18.2 Å². The molecule has 0 aliphatic carbocycles. The molecule has 0 unspecified atom stereocenters. The van der Waals surface area contributed by atoms with Crippen LogP contribution in [0.15, 0.2) is 77.3 Å². The summed E-state index contributed by atoms with van der Waals surface area (Å²) >= 11 is 1.70. The Bertz CT molecular complexity index is 1120. The Hall–Kier alpha value is -2.87. The van der Waals surface area contributed by atoms with Crippen molar-refractivity contribution in [2.75, 3.05) is 13.1 Å². The Morgan fingerprint density at radius 3 is 2.58 bits per heavy atom. The lowest BCUT2D eigenvalue weighted by molar-refractivity contribution is 0.281. The highest BCUT2D eigenvalue weighted by atomic mass is 32.1. The van der Waals surface area contributed by atoms with Gasteiger partial charge in [0.2, 0.25) is 0 Å². The van der Waals surface area contributed by atoms with Gasteiger partial charge in [0.25, 0.3) is 0 Å². The SMILES string of the molecule is CCN(C/C(F)=C\C#CC(C)(C)C)Cc1cccc(OCc2cccc(-c3ccsc3)c2)c1. The predicted octanol–water partition coefficient (Wildman–Crippen LogP) is 7.72. The van der Waals surface area contributed by atoms with E-state index < -0.39 is 0 Å². The van der Waals surface area contributed by atoms with E-state index in [0.29, 0.717) is 13.2 Å². The average molecular weight is 462 g/mol. The minimum Gasteiger partial charge on any atom is -0.489 e. The standard InChI is InChI=1S/C29H32FNOS/c1-5-31(20-27(30)12-8-15-29(2,3)4)19-23-9-7-13-28(18-23)32-21-24-10-6-11-25(17-24)26-14-16-33-22-26/h6-7,9-14,16-18,22H,5,19-21H2,1-4H3/b27-12+. The zero-order valence-corrected chi connectivity index (χ0v) is 20.7. The van der Waals surface area contributed by atoms with Gasteiger partial charge in [0, 0.05) is 18.0 Å². The predicted molar refractivity (Wildman–Crippen MR) is 138 cm³/mol. The Morgan fingerprint density at radius 1 is 1.06 bits per heavy atom. The monoisotopic (exact) mass is 461 g/mol. The third-order valence-electron chi connectivity index (χ3n) is 4.99. The van der Waals surface area contributed by atoms with Crippen LogP contribution in [-0.2, 0) is 13.2 Å². The zero-order valence-electron chi connectivity index (χ0n) is 19.9. The smallest absolute Gasteiger partial charge is 0.122 e. The van der Waals surface area contributed by atoms with Gasteiger partial charge < -0.3 is 4.74 Å². The Morgan fingerprint density at radius 2 is 1.85 bits per heavy atom. The maximum Gasteiger partial charge on any atom is 0.122 e. The molecule has 0 amide bonds. The molecule has 2 nitrogen and oxygen atoms in total. The third kappa shape index (κ3) is 8.53. The fraction of sp³-hybridized carbons (Fsp3) is 0.310. The van der Waals surface area contributed by atoms with Gasteiger partial charge in [-0.25, -0.2) is 4.39 Å². The van der Waals surface area contributed by atoms with Crippen molar-refractivity contribution in [2.24, 2.45) is 5.41 Å². The second-order valence-corrected chi connectivity index (χ2v) is 9.84. The second kappa shape index (κ2) is 11.8. The highest BCUT2D eigenvalue weighted by Crippen LogP contribution is 2.24. The van der Waals surface area contributed by atoms with Gasteiger partial charge in [0.05, 0.1) is 6.54 Å². The van der Waals surface area contributed by atoms with Crippen molar-refractivity contribution in [1.29, 1.82) is 0 Å². The molecule has 0 atom stereocenters. The summed E-state index contributed by atoms with van der Waals surface area (Å²) in [7, 11) is 0. The first kappa shape index (κ1) is 24.8. The highest BCUT2D eigenvalue weighted by molar-refractivity contribution is 7.08. The van der Waals surface area contributed by atoms with E-state index in [9.17, 15) is 4.39 Å². The molecular weight excluding hydrogens is 429 g/mol. The molecule has 0 aliphatic heterocycles. The fourth-order valence-electron chi connectivity index (χ4n) is 3.30. The van der Waals surface area contributed by atoms with Gasteiger partial charge in [-0.2, -0.15) is 11.3 Å². The Labute approximate surface area is 201 Å². The molecular formula is C29H32FNOS. The fourth-order valence-corrected chi connectivity index (χ4v) is 3.96.